The number of pyridine rings is 1. The molecule has 166 valence electrons. The minimum atomic E-state index is -0.170. The third-order valence-electron chi connectivity index (χ3n) is 5.55. The molecule has 2 aromatic heterocycles. The average molecular weight is 447 g/mol. The monoisotopic (exact) mass is 446 g/mol. The van der Waals surface area contributed by atoms with Crippen LogP contribution in [0, 0.1) is 13.8 Å². The molecule has 6 heteroatoms. The van der Waals surface area contributed by atoms with Gasteiger partial charge in [0, 0.05) is 35.5 Å². The van der Waals surface area contributed by atoms with Gasteiger partial charge in [0.25, 0.3) is 5.91 Å². The first-order chi connectivity index (χ1) is 16.6. The molecule has 0 atom stereocenters. The average Bonchev–Trinajstić information content (AvgIpc) is 3.31. The Morgan fingerprint density at radius 2 is 1.62 bits per heavy atom. The van der Waals surface area contributed by atoms with Gasteiger partial charge in [0.05, 0.1) is 5.69 Å². The van der Waals surface area contributed by atoms with E-state index in [1.807, 2.05) is 91.9 Å². The van der Waals surface area contributed by atoms with Gasteiger partial charge in [-0.15, -0.1) is 10.2 Å². The summed E-state index contributed by atoms with van der Waals surface area (Å²) in [6.45, 7) is 3.82. The molecule has 0 saturated carbocycles. The summed E-state index contributed by atoms with van der Waals surface area (Å²) in [6, 6.07) is 27.0. The van der Waals surface area contributed by atoms with Crippen molar-refractivity contribution in [1.29, 1.82) is 0 Å². The van der Waals surface area contributed by atoms with E-state index < -0.39 is 0 Å². The summed E-state index contributed by atoms with van der Waals surface area (Å²) in [5.74, 6) is 0.845. The van der Waals surface area contributed by atoms with Crippen LogP contribution < -0.4 is 5.32 Å². The molecule has 0 fully saturated rings. The van der Waals surface area contributed by atoms with E-state index in [1.54, 1.807) is 13.1 Å². The van der Waals surface area contributed by atoms with Crippen LogP contribution in [0.5, 0.6) is 0 Å². The Kier molecular flexibility index (Phi) is 5.70. The summed E-state index contributed by atoms with van der Waals surface area (Å²) in [4.78, 5) is 17.2. The number of carbonyl (C=O) groups is 1. The lowest BCUT2D eigenvalue weighted by Gasteiger charge is -2.10. The maximum absolute atomic E-state index is 12.9. The van der Waals surface area contributed by atoms with E-state index in [9.17, 15) is 4.79 Å². The Labute approximate surface area is 197 Å². The van der Waals surface area contributed by atoms with Gasteiger partial charge in [0.15, 0.2) is 0 Å². The number of anilines is 1. The van der Waals surface area contributed by atoms with Crippen molar-refractivity contribution in [2.45, 2.75) is 13.8 Å². The Bertz CT molecular complexity index is 1460. The van der Waals surface area contributed by atoms with Gasteiger partial charge in [0.2, 0.25) is 11.8 Å². The molecule has 0 aliphatic heterocycles. The molecule has 3 aromatic carbocycles. The Morgan fingerprint density at radius 1 is 0.794 bits per heavy atom. The van der Waals surface area contributed by atoms with Crippen molar-refractivity contribution in [3.63, 3.8) is 0 Å². The van der Waals surface area contributed by atoms with Crippen LogP contribution in [0.25, 0.3) is 33.8 Å². The molecule has 0 aliphatic rings. The largest absolute Gasteiger partial charge is 0.421 e. The molecular formula is C28H22N4O2. The Morgan fingerprint density at radius 3 is 2.35 bits per heavy atom. The molecule has 6 nitrogen and oxygen atoms in total. The molecule has 1 N–H and O–H groups in total. The minimum Gasteiger partial charge on any atom is -0.421 e. The van der Waals surface area contributed by atoms with E-state index in [0.29, 0.717) is 17.3 Å². The van der Waals surface area contributed by atoms with E-state index in [0.717, 1.165) is 39.2 Å². The fourth-order valence-electron chi connectivity index (χ4n) is 3.77. The Hall–Kier alpha value is -4.58. The highest BCUT2D eigenvalue weighted by atomic mass is 16.4. The summed E-state index contributed by atoms with van der Waals surface area (Å²) >= 11 is 0. The first kappa shape index (κ1) is 21.3. The van der Waals surface area contributed by atoms with Gasteiger partial charge in [-0.25, -0.2) is 0 Å². The predicted octanol–water partition coefficient (Wildman–Crippen LogP) is 6.33. The van der Waals surface area contributed by atoms with Crippen LogP contribution >= 0.6 is 0 Å². The maximum Gasteiger partial charge on any atom is 0.255 e. The van der Waals surface area contributed by atoms with Crippen LogP contribution in [-0.2, 0) is 0 Å². The Balaban J connectivity index is 1.35. The van der Waals surface area contributed by atoms with E-state index in [2.05, 4.69) is 20.5 Å². The first-order valence-corrected chi connectivity index (χ1v) is 10.9. The smallest absolute Gasteiger partial charge is 0.255 e. The summed E-state index contributed by atoms with van der Waals surface area (Å²) in [5.41, 5.74) is 7.12. The zero-order valence-corrected chi connectivity index (χ0v) is 18.8. The van der Waals surface area contributed by atoms with E-state index >= 15 is 0 Å². The van der Waals surface area contributed by atoms with Crippen molar-refractivity contribution in [3.8, 4) is 33.8 Å². The van der Waals surface area contributed by atoms with Gasteiger partial charge < -0.3 is 9.73 Å². The van der Waals surface area contributed by atoms with Crippen LogP contribution in [-0.4, -0.2) is 21.1 Å². The molecule has 0 spiro atoms. The molecule has 0 unspecified atom stereocenters. The molecule has 0 aliphatic carbocycles. The maximum atomic E-state index is 12.9. The number of carbonyl (C=O) groups excluding carboxylic acids is 1. The second-order valence-electron chi connectivity index (χ2n) is 7.98. The van der Waals surface area contributed by atoms with Gasteiger partial charge in [0.1, 0.15) is 0 Å². The fourth-order valence-corrected chi connectivity index (χ4v) is 3.77. The van der Waals surface area contributed by atoms with E-state index in [4.69, 9.17) is 4.42 Å². The third kappa shape index (κ3) is 4.47. The molecule has 2 heterocycles. The van der Waals surface area contributed by atoms with E-state index in [-0.39, 0.29) is 5.91 Å². The number of rotatable bonds is 5. The lowest BCUT2D eigenvalue weighted by molar-refractivity contribution is 0.102. The number of hydrogen-bond donors (Lipinski definition) is 1. The number of nitrogens with one attached hydrogen (secondary N) is 1. The number of aryl methyl sites for hydroxylation is 2. The topological polar surface area (TPSA) is 80.9 Å². The summed E-state index contributed by atoms with van der Waals surface area (Å²) in [6.07, 6.45) is 1.75. The molecule has 0 radical (unpaired) electrons. The highest BCUT2D eigenvalue weighted by molar-refractivity contribution is 6.04. The highest BCUT2D eigenvalue weighted by Crippen LogP contribution is 2.29. The van der Waals surface area contributed by atoms with Crippen LogP contribution in [0.15, 0.2) is 95.5 Å². The van der Waals surface area contributed by atoms with Crippen molar-refractivity contribution in [2.75, 3.05) is 5.32 Å². The van der Waals surface area contributed by atoms with Crippen molar-refractivity contribution >= 4 is 11.6 Å². The molecule has 5 rings (SSSR count). The summed E-state index contributed by atoms with van der Waals surface area (Å²) in [7, 11) is 0. The second kappa shape index (κ2) is 9.11. The van der Waals surface area contributed by atoms with Crippen LogP contribution in [0.2, 0.25) is 0 Å². The third-order valence-corrected chi connectivity index (χ3v) is 5.55. The van der Waals surface area contributed by atoms with Crippen LogP contribution in [0.3, 0.4) is 0 Å². The molecule has 0 bridgehead atoms. The van der Waals surface area contributed by atoms with Gasteiger partial charge in [-0.3, -0.25) is 9.78 Å². The quantitative estimate of drug-likeness (QED) is 0.341. The second-order valence-corrected chi connectivity index (χ2v) is 7.98. The molecule has 34 heavy (non-hydrogen) atoms. The number of nitrogens with zero attached hydrogens (tertiary/aromatic N) is 3. The van der Waals surface area contributed by atoms with Gasteiger partial charge in [-0.2, -0.15) is 0 Å². The zero-order valence-electron chi connectivity index (χ0n) is 18.8. The molecule has 0 saturated heterocycles. The van der Waals surface area contributed by atoms with Crippen LogP contribution in [0.4, 0.5) is 5.69 Å². The molecule has 1 amide bonds. The minimum absolute atomic E-state index is 0.170. The van der Waals surface area contributed by atoms with Crippen molar-refractivity contribution in [2.24, 2.45) is 0 Å². The van der Waals surface area contributed by atoms with Gasteiger partial charge in [-0.05, 0) is 72.1 Å². The van der Waals surface area contributed by atoms with Gasteiger partial charge >= 0.3 is 0 Å². The fraction of sp³-hybridized carbons (Fsp3) is 0.0714. The van der Waals surface area contributed by atoms with Crippen molar-refractivity contribution < 1.29 is 9.21 Å². The molecular weight excluding hydrogens is 424 g/mol. The first-order valence-electron chi connectivity index (χ1n) is 10.9. The zero-order chi connectivity index (χ0) is 23.5. The number of hydrogen-bond acceptors (Lipinski definition) is 5. The van der Waals surface area contributed by atoms with Crippen LogP contribution in [0.1, 0.15) is 21.8 Å². The SMILES string of the molecule is Cc1nnc(-c2ccc(C)c(-c3ccc(C(=O)Nc4cccc(-c5ccccn5)c4)cc3)c2)o1. The summed E-state index contributed by atoms with van der Waals surface area (Å²) in [5, 5.41) is 11.0. The standard InChI is InChI=1S/C28H22N4O2/c1-18-9-10-23(28-32-31-19(2)34-28)17-25(18)20-11-13-21(14-12-20)27(33)30-24-7-5-6-22(16-24)26-8-3-4-15-29-26/h3-17H,1-2H3,(H,30,33). The number of aromatic nitrogens is 3. The lowest BCUT2D eigenvalue weighted by Crippen LogP contribution is -2.11. The van der Waals surface area contributed by atoms with Crippen molar-refractivity contribution in [3.05, 3.63) is 108 Å². The predicted molar refractivity (Wildman–Crippen MR) is 132 cm³/mol. The molecule has 5 aromatic rings. The van der Waals surface area contributed by atoms with Gasteiger partial charge in [-0.1, -0.05) is 36.4 Å². The normalized spacial score (nSPS) is 10.8. The lowest BCUT2D eigenvalue weighted by atomic mass is 9.97. The number of amides is 1. The highest BCUT2D eigenvalue weighted by Gasteiger charge is 2.12. The van der Waals surface area contributed by atoms with E-state index in [1.165, 1.54) is 0 Å². The summed E-state index contributed by atoms with van der Waals surface area (Å²) < 4.78 is 5.56. The van der Waals surface area contributed by atoms with Crippen molar-refractivity contribution in [1.82, 2.24) is 15.2 Å². The number of benzene rings is 3.